The van der Waals surface area contributed by atoms with Crippen molar-refractivity contribution in [1.29, 1.82) is 0 Å². The Hall–Kier alpha value is -3.38. The van der Waals surface area contributed by atoms with Crippen LogP contribution in [0.3, 0.4) is 0 Å². The molecule has 2 saturated carbocycles. The number of pyridine rings is 1. The summed E-state index contributed by atoms with van der Waals surface area (Å²) in [6, 6.07) is 5.55. The molecule has 8 nitrogen and oxygen atoms in total. The van der Waals surface area contributed by atoms with Crippen molar-refractivity contribution in [2.45, 2.75) is 111 Å². The van der Waals surface area contributed by atoms with Crippen molar-refractivity contribution in [2.24, 2.45) is 17.3 Å². The molecule has 44 heavy (non-hydrogen) atoms. The van der Waals surface area contributed by atoms with Gasteiger partial charge in [-0.25, -0.2) is 9.78 Å². The van der Waals surface area contributed by atoms with Gasteiger partial charge >= 0.3 is 5.97 Å². The SMILES string of the molecule is CC1CCC(C(=O)N(c2cc(C#CC(C)(C)C)sc2C(=O)O)[C@H]2CC[C@H](Oc3ccc(CN4CCCC4=O)cn3)CC2)CC1. The van der Waals surface area contributed by atoms with Crippen LogP contribution >= 0.6 is 11.3 Å². The highest BCUT2D eigenvalue weighted by atomic mass is 32.1. The number of carboxylic acid groups (broad SMARTS) is 1. The standard InChI is InChI=1S/C35H45N3O5S/c1-23-7-10-25(11-8-23)33(40)38(29-20-28(17-18-35(2,3)4)44-32(29)34(41)42)26-12-14-27(15-13-26)43-30-16-9-24(21-36-30)22-37-19-5-6-31(37)39/h9,16,20-21,23,25-27H,5-8,10-15,19,22H2,1-4H3,(H,41,42)/t23?,25?,26-,27-. The van der Waals surface area contributed by atoms with Crippen molar-refractivity contribution < 1.29 is 24.2 Å². The van der Waals surface area contributed by atoms with Crippen molar-refractivity contribution in [3.63, 3.8) is 0 Å². The largest absolute Gasteiger partial charge is 0.477 e. The highest BCUT2D eigenvalue weighted by molar-refractivity contribution is 7.15. The maximum atomic E-state index is 14.2. The molecule has 9 heteroatoms. The minimum absolute atomic E-state index is 0.0353. The van der Waals surface area contributed by atoms with Gasteiger partial charge in [0, 0.05) is 49.1 Å². The zero-order valence-corrected chi connectivity index (χ0v) is 27.3. The molecule has 236 valence electrons. The van der Waals surface area contributed by atoms with Crippen molar-refractivity contribution in [2.75, 3.05) is 11.4 Å². The van der Waals surface area contributed by atoms with Gasteiger partial charge in [-0.2, -0.15) is 0 Å². The van der Waals surface area contributed by atoms with Gasteiger partial charge in [-0.05, 0) is 96.1 Å². The van der Waals surface area contributed by atoms with Crippen molar-refractivity contribution >= 4 is 34.8 Å². The molecule has 2 aromatic heterocycles. The molecule has 0 atom stereocenters. The maximum Gasteiger partial charge on any atom is 0.348 e. The number of thiophene rings is 1. The predicted molar refractivity (Wildman–Crippen MR) is 172 cm³/mol. The fourth-order valence-corrected chi connectivity index (χ4v) is 7.32. The number of ether oxygens (including phenoxy) is 1. The number of rotatable bonds is 8. The fourth-order valence-electron chi connectivity index (χ4n) is 6.48. The highest BCUT2D eigenvalue weighted by Gasteiger charge is 2.38. The summed E-state index contributed by atoms with van der Waals surface area (Å²) < 4.78 is 6.25. The Morgan fingerprint density at radius 3 is 2.43 bits per heavy atom. The summed E-state index contributed by atoms with van der Waals surface area (Å²) >= 11 is 1.16. The minimum Gasteiger partial charge on any atom is -0.477 e. The molecule has 3 heterocycles. The molecular formula is C35H45N3O5S. The average molecular weight is 620 g/mol. The normalized spacial score (nSPS) is 24.0. The number of amides is 2. The van der Waals surface area contributed by atoms with Gasteiger partial charge < -0.3 is 19.6 Å². The topological polar surface area (TPSA) is 100 Å². The minimum atomic E-state index is -1.02. The van der Waals surface area contributed by atoms with Crippen LogP contribution in [-0.4, -0.2) is 51.5 Å². The Bertz CT molecular complexity index is 1400. The molecular weight excluding hydrogens is 574 g/mol. The molecule has 1 aliphatic heterocycles. The molecule has 5 rings (SSSR count). The fraction of sp³-hybridized carbons (Fsp3) is 0.600. The Balaban J connectivity index is 1.30. The van der Waals surface area contributed by atoms with E-state index in [2.05, 4.69) is 23.7 Å². The zero-order chi connectivity index (χ0) is 31.4. The number of likely N-dealkylation sites (tertiary alicyclic amines) is 1. The van der Waals surface area contributed by atoms with Crippen LogP contribution in [0.5, 0.6) is 5.88 Å². The van der Waals surface area contributed by atoms with E-state index in [-0.39, 0.29) is 40.2 Å². The van der Waals surface area contributed by atoms with E-state index in [1.54, 1.807) is 6.20 Å². The van der Waals surface area contributed by atoms with E-state index in [4.69, 9.17) is 4.74 Å². The van der Waals surface area contributed by atoms with Crippen LogP contribution in [-0.2, 0) is 16.1 Å². The predicted octanol–water partition coefficient (Wildman–Crippen LogP) is 6.91. The van der Waals surface area contributed by atoms with Crippen LogP contribution in [0, 0.1) is 29.1 Å². The van der Waals surface area contributed by atoms with Crippen LogP contribution in [0.25, 0.3) is 0 Å². The van der Waals surface area contributed by atoms with Crippen molar-refractivity contribution in [3.8, 4) is 17.7 Å². The first-order chi connectivity index (χ1) is 21.0. The number of hydrogen-bond donors (Lipinski definition) is 1. The lowest BCUT2D eigenvalue weighted by Gasteiger charge is -2.39. The van der Waals surface area contributed by atoms with Gasteiger partial charge in [0.2, 0.25) is 17.7 Å². The molecule has 3 fully saturated rings. The summed E-state index contributed by atoms with van der Waals surface area (Å²) in [6.07, 6.45) is 9.90. The molecule has 0 unspecified atom stereocenters. The molecule has 2 aliphatic carbocycles. The van der Waals surface area contributed by atoms with Gasteiger partial charge in [0.25, 0.3) is 0 Å². The Kier molecular flexibility index (Phi) is 9.99. The second-order valence-corrected chi connectivity index (χ2v) is 14.8. The van der Waals surface area contributed by atoms with Gasteiger partial charge in [0.05, 0.1) is 10.6 Å². The number of carboxylic acids is 1. The van der Waals surface area contributed by atoms with Gasteiger partial charge in [-0.15, -0.1) is 11.3 Å². The van der Waals surface area contributed by atoms with Gasteiger partial charge in [-0.3, -0.25) is 9.59 Å². The summed E-state index contributed by atoms with van der Waals surface area (Å²) in [4.78, 5) is 47.6. The maximum absolute atomic E-state index is 14.2. The first-order valence-electron chi connectivity index (χ1n) is 16.1. The second-order valence-electron chi connectivity index (χ2n) is 13.8. The molecule has 0 radical (unpaired) electrons. The third-order valence-electron chi connectivity index (χ3n) is 8.97. The smallest absolute Gasteiger partial charge is 0.348 e. The number of nitrogens with zero attached hydrogens (tertiary/aromatic N) is 3. The van der Waals surface area contributed by atoms with Crippen LogP contribution < -0.4 is 9.64 Å². The Morgan fingerprint density at radius 2 is 1.84 bits per heavy atom. The third kappa shape index (κ3) is 8.01. The van der Waals surface area contributed by atoms with Gasteiger partial charge in [-0.1, -0.05) is 24.8 Å². The zero-order valence-electron chi connectivity index (χ0n) is 26.4. The first-order valence-corrected chi connectivity index (χ1v) is 16.9. The second kappa shape index (κ2) is 13.7. The summed E-state index contributed by atoms with van der Waals surface area (Å²) in [5.74, 6) is 6.67. The number of anilines is 1. The van der Waals surface area contributed by atoms with Crippen LogP contribution in [0.15, 0.2) is 24.4 Å². The van der Waals surface area contributed by atoms with Crippen molar-refractivity contribution in [1.82, 2.24) is 9.88 Å². The molecule has 1 N–H and O–H groups in total. The van der Waals surface area contributed by atoms with E-state index in [1.807, 2.05) is 48.8 Å². The lowest BCUT2D eigenvalue weighted by molar-refractivity contribution is -0.128. The number of aromatic nitrogens is 1. The number of carbonyl (C=O) groups is 3. The summed E-state index contributed by atoms with van der Waals surface area (Å²) in [5.41, 5.74) is 1.25. The van der Waals surface area contributed by atoms with Gasteiger partial charge in [0.1, 0.15) is 11.0 Å². The number of aromatic carboxylic acids is 1. The average Bonchev–Trinajstić information content (AvgIpc) is 3.60. The summed E-state index contributed by atoms with van der Waals surface area (Å²) in [7, 11) is 0. The lowest BCUT2D eigenvalue weighted by Crippen LogP contribution is -2.47. The quantitative estimate of drug-likeness (QED) is 0.322. The van der Waals surface area contributed by atoms with Crippen molar-refractivity contribution in [3.05, 3.63) is 39.7 Å². The van der Waals surface area contributed by atoms with E-state index in [0.717, 1.165) is 68.4 Å². The lowest BCUT2D eigenvalue weighted by atomic mass is 9.81. The van der Waals surface area contributed by atoms with E-state index in [9.17, 15) is 19.5 Å². The van der Waals surface area contributed by atoms with E-state index in [1.165, 1.54) is 0 Å². The molecule has 0 spiro atoms. The van der Waals surface area contributed by atoms with Crippen LogP contribution in [0.4, 0.5) is 5.69 Å². The Morgan fingerprint density at radius 1 is 1.11 bits per heavy atom. The van der Waals surface area contributed by atoms with E-state index < -0.39 is 5.97 Å². The van der Waals surface area contributed by atoms with E-state index >= 15 is 0 Å². The summed E-state index contributed by atoms with van der Waals surface area (Å²) in [5, 5.41) is 10.2. The molecule has 0 aromatic carbocycles. The highest BCUT2D eigenvalue weighted by Crippen LogP contribution is 2.39. The molecule has 3 aliphatic rings. The van der Waals surface area contributed by atoms with Crippen LogP contribution in [0.1, 0.15) is 112 Å². The number of carbonyl (C=O) groups excluding carboxylic acids is 2. The molecule has 2 amide bonds. The third-order valence-corrected chi connectivity index (χ3v) is 10.00. The monoisotopic (exact) mass is 619 g/mol. The van der Waals surface area contributed by atoms with Crippen LogP contribution in [0.2, 0.25) is 0 Å². The van der Waals surface area contributed by atoms with E-state index in [0.29, 0.717) is 48.2 Å². The van der Waals surface area contributed by atoms with Gasteiger partial charge in [0.15, 0.2) is 0 Å². The Labute approximate surface area is 265 Å². The first kappa shape index (κ1) is 32.0. The molecule has 0 bridgehead atoms. The summed E-state index contributed by atoms with van der Waals surface area (Å²) in [6.45, 7) is 9.67. The molecule has 1 saturated heterocycles. The number of hydrogen-bond acceptors (Lipinski definition) is 6. The molecule has 2 aromatic rings.